The van der Waals surface area contributed by atoms with E-state index in [-0.39, 0.29) is 0 Å². The molecule has 1 aromatic heterocycles. The van der Waals surface area contributed by atoms with E-state index in [0.29, 0.717) is 13.0 Å². The number of rotatable bonds is 3. The van der Waals surface area contributed by atoms with Crippen LogP contribution in [0.25, 0.3) is 0 Å². The van der Waals surface area contributed by atoms with E-state index in [2.05, 4.69) is 4.98 Å². The van der Waals surface area contributed by atoms with Crippen molar-refractivity contribution in [2.75, 3.05) is 7.11 Å². The Morgan fingerprint density at radius 2 is 2.64 bits per heavy atom. The summed E-state index contributed by atoms with van der Waals surface area (Å²) in [5, 5.41) is 11.2. The maximum absolute atomic E-state index is 8.34. The zero-order chi connectivity index (χ0) is 8.10. The van der Waals surface area contributed by atoms with Gasteiger partial charge in [-0.15, -0.1) is 11.3 Å². The Kier molecular flexibility index (Phi) is 3.02. The first-order valence-corrected chi connectivity index (χ1v) is 4.04. The molecule has 0 bridgehead atoms. The lowest BCUT2D eigenvalue weighted by Crippen LogP contribution is -1.87. The molecule has 0 spiro atoms. The Morgan fingerprint density at radius 3 is 3.27 bits per heavy atom. The van der Waals surface area contributed by atoms with Crippen LogP contribution >= 0.6 is 11.3 Å². The zero-order valence-corrected chi connectivity index (χ0v) is 7.02. The third kappa shape index (κ3) is 2.30. The van der Waals surface area contributed by atoms with Gasteiger partial charge in [0.15, 0.2) is 0 Å². The summed E-state index contributed by atoms with van der Waals surface area (Å²) in [6.45, 7) is 0.538. The first-order chi connectivity index (χ1) is 5.36. The van der Waals surface area contributed by atoms with Crippen molar-refractivity contribution < 1.29 is 4.74 Å². The minimum atomic E-state index is 0.389. The van der Waals surface area contributed by atoms with E-state index in [1.165, 1.54) is 11.3 Å². The highest BCUT2D eigenvalue weighted by atomic mass is 32.1. The van der Waals surface area contributed by atoms with E-state index >= 15 is 0 Å². The van der Waals surface area contributed by atoms with Crippen LogP contribution in [-0.2, 0) is 17.8 Å². The molecule has 0 saturated carbocycles. The SMILES string of the molecule is COCc1nc(CC#N)cs1. The topological polar surface area (TPSA) is 45.9 Å². The molecule has 0 fully saturated rings. The number of hydrogen-bond donors (Lipinski definition) is 0. The predicted molar refractivity (Wildman–Crippen MR) is 42.1 cm³/mol. The molecule has 1 heterocycles. The summed E-state index contributed by atoms with van der Waals surface area (Å²) in [5.74, 6) is 0. The molecule has 1 aromatic rings. The van der Waals surface area contributed by atoms with Gasteiger partial charge in [-0.25, -0.2) is 4.98 Å². The maximum Gasteiger partial charge on any atom is 0.119 e. The van der Waals surface area contributed by atoms with Crippen LogP contribution < -0.4 is 0 Å². The van der Waals surface area contributed by atoms with Gasteiger partial charge in [0.1, 0.15) is 5.01 Å². The molecule has 0 unspecified atom stereocenters. The fourth-order valence-electron chi connectivity index (χ4n) is 0.701. The molecule has 0 saturated heterocycles. The fourth-order valence-corrected chi connectivity index (χ4v) is 1.46. The lowest BCUT2D eigenvalue weighted by Gasteiger charge is -1.89. The van der Waals surface area contributed by atoms with Gasteiger partial charge < -0.3 is 4.74 Å². The highest BCUT2D eigenvalue weighted by Gasteiger charge is 1.99. The van der Waals surface area contributed by atoms with Crippen LogP contribution in [0.2, 0.25) is 0 Å². The first kappa shape index (κ1) is 8.18. The summed E-state index contributed by atoms with van der Waals surface area (Å²) in [6, 6.07) is 2.04. The number of hydrogen-bond acceptors (Lipinski definition) is 4. The summed E-state index contributed by atoms with van der Waals surface area (Å²) in [5.41, 5.74) is 0.838. The molecule has 1 rings (SSSR count). The Labute approximate surface area is 69.3 Å². The van der Waals surface area contributed by atoms with Crippen LogP contribution in [0.3, 0.4) is 0 Å². The Bertz CT molecular complexity index is 264. The van der Waals surface area contributed by atoms with Gasteiger partial charge >= 0.3 is 0 Å². The van der Waals surface area contributed by atoms with Gasteiger partial charge in [-0.3, -0.25) is 0 Å². The molecule has 0 N–H and O–H groups in total. The molecule has 0 aliphatic carbocycles. The number of methoxy groups -OCH3 is 1. The second-order valence-corrected chi connectivity index (χ2v) is 2.94. The fraction of sp³-hybridized carbons (Fsp3) is 0.429. The molecule has 3 nitrogen and oxygen atoms in total. The van der Waals surface area contributed by atoms with Crippen LogP contribution in [0.4, 0.5) is 0 Å². The minimum absolute atomic E-state index is 0.389. The van der Waals surface area contributed by atoms with Crippen LogP contribution in [-0.4, -0.2) is 12.1 Å². The summed E-state index contributed by atoms with van der Waals surface area (Å²) < 4.78 is 4.88. The standard InChI is InChI=1S/C7H8N2OS/c1-10-4-7-9-6(2-3-8)5-11-7/h5H,2,4H2,1H3. The van der Waals surface area contributed by atoms with E-state index in [0.717, 1.165) is 10.7 Å². The van der Waals surface area contributed by atoms with Crippen molar-refractivity contribution in [2.45, 2.75) is 13.0 Å². The summed E-state index contributed by atoms with van der Waals surface area (Å²) >= 11 is 1.53. The summed E-state index contributed by atoms with van der Waals surface area (Å²) in [6.07, 6.45) is 0.389. The van der Waals surface area contributed by atoms with Gasteiger partial charge in [-0.05, 0) is 0 Å². The second-order valence-electron chi connectivity index (χ2n) is 2.00. The van der Waals surface area contributed by atoms with Crippen molar-refractivity contribution in [3.8, 4) is 6.07 Å². The Balaban J connectivity index is 2.60. The third-order valence-corrected chi connectivity index (χ3v) is 2.00. The largest absolute Gasteiger partial charge is 0.378 e. The predicted octanol–water partition coefficient (Wildman–Crippen LogP) is 1.36. The average Bonchev–Trinajstić information content (AvgIpc) is 2.38. The highest BCUT2D eigenvalue weighted by Crippen LogP contribution is 2.10. The maximum atomic E-state index is 8.34. The lowest BCUT2D eigenvalue weighted by molar-refractivity contribution is 0.184. The van der Waals surface area contributed by atoms with Gasteiger partial charge in [0.05, 0.1) is 24.8 Å². The van der Waals surface area contributed by atoms with E-state index in [1.54, 1.807) is 7.11 Å². The number of aromatic nitrogens is 1. The molecule has 0 amide bonds. The molecule has 0 aliphatic rings. The van der Waals surface area contributed by atoms with Gasteiger partial charge in [-0.2, -0.15) is 5.26 Å². The molecule has 4 heteroatoms. The molecule has 0 atom stereocenters. The van der Waals surface area contributed by atoms with Crippen molar-refractivity contribution in [3.63, 3.8) is 0 Å². The van der Waals surface area contributed by atoms with Crippen LogP contribution in [0.5, 0.6) is 0 Å². The molecular weight excluding hydrogens is 160 g/mol. The Hall–Kier alpha value is -0.920. The van der Waals surface area contributed by atoms with Crippen molar-refractivity contribution >= 4 is 11.3 Å². The van der Waals surface area contributed by atoms with E-state index in [4.69, 9.17) is 10.00 Å². The Morgan fingerprint density at radius 1 is 1.82 bits per heavy atom. The van der Waals surface area contributed by atoms with Crippen LogP contribution in [0.15, 0.2) is 5.38 Å². The average molecular weight is 168 g/mol. The molecular formula is C7H8N2OS. The lowest BCUT2D eigenvalue weighted by atomic mass is 10.4. The van der Waals surface area contributed by atoms with Crippen LogP contribution in [0, 0.1) is 11.3 Å². The molecule has 0 aliphatic heterocycles. The minimum Gasteiger partial charge on any atom is -0.378 e. The third-order valence-electron chi connectivity index (χ3n) is 1.13. The highest BCUT2D eigenvalue weighted by molar-refractivity contribution is 7.09. The zero-order valence-electron chi connectivity index (χ0n) is 6.20. The van der Waals surface area contributed by atoms with Gasteiger partial charge in [-0.1, -0.05) is 0 Å². The molecule has 11 heavy (non-hydrogen) atoms. The number of nitrogens with zero attached hydrogens (tertiary/aromatic N) is 2. The first-order valence-electron chi connectivity index (χ1n) is 3.16. The number of nitriles is 1. The number of ether oxygens (including phenoxy) is 1. The van der Waals surface area contributed by atoms with Crippen molar-refractivity contribution in [1.82, 2.24) is 4.98 Å². The van der Waals surface area contributed by atoms with E-state index in [1.807, 2.05) is 11.4 Å². The monoisotopic (exact) mass is 168 g/mol. The van der Waals surface area contributed by atoms with E-state index in [9.17, 15) is 0 Å². The van der Waals surface area contributed by atoms with Gasteiger partial charge in [0.2, 0.25) is 0 Å². The molecule has 58 valence electrons. The van der Waals surface area contributed by atoms with Crippen LogP contribution in [0.1, 0.15) is 10.7 Å². The molecule has 0 radical (unpaired) electrons. The number of thiazole rings is 1. The van der Waals surface area contributed by atoms with Crippen molar-refractivity contribution in [3.05, 3.63) is 16.1 Å². The van der Waals surface area contributed by atoms with E-state index < -0.39 is 0 Å². The van der Waals surface area contributed by atoms with Gasteiger partial charge in [0, 0.05) is 12.5 Å². The summed E-state index contributed by atoms with van der Waals surface area (Å²) in [7, 11) is 1.63. The summed E-state index contributed by atoms with van der Waals surface area (Å²) in [4.78, 5) is 4.16. The second kappa shape index (κ2) is 4.06. The quantitative estimate of drug-likeness (QED) is 0.684. The smallest absolute Gasteiger partial charge is 0.119 e. The van der Waals surface area contributed by atoms with Crippen molar-refractivity contribution in [1.29, 1.82) is 5.26 Å². The normalized spacial score (nSPS) is 9.45. The molecule has 0 aromatic carbocycles. The van der Waals surface area contributed by atoms with Crippen molar-refractivity contribution in [2.24, 2.45) is 0 Å². The van der Waals surface area contributed by atoms with Gasteiger partial charge in [0.25, 0.3) is 0 Å².